The van der Waals surface area contributed by atoms with E-state index in [4.69, 9.17) is 11.6 Å². The van der Waals surface area contributed by atoms with Gasteiger partial charge in [-0.05, 0) is 12.1 Å². The van der Waals surface area contributed by atoms with Gasteiger partial charge in [0.25, 0.3) is 0 Å². The molecular weight excluding hydrogens is 242 g/mol. The first-order valence-corrected chi connectivity index (χ1v) is 5.13. The molecule has 2 aromatic rings. The maximum absolute atomic E-state index is 11.4. The van der Waals surface area contributed by atoms with E-state index < -0.39 is 5.97 Å². The van der Waals surface area contributed by atoms with Crippen LogP contribution in [0.25, 0.3) is 11.5 Å². The smallest absolute Gasteiger partial charge is 0.356 e. The van der Waals surface area contributed by atoms with Crippen LogP contribution in [0.2, 0.25) is 5.15 Å². The molecule has 5 nitrogen and oxygen atoms in total. The van der Waals surface area contributed by atoms with Crippen LogP contribution in [0.1, 0.15) is 10.5 Å². The first-order chi connectivity index (χ1) is 8.20. The van der Waals surface area contributed by atoms with Crippen molar-refractivity contribution in [1.29, 1.82) is 0 Å². The summed E-state index contributed by atoms with van der Waals surface area (Å²) in [4.78, 5) is 23.5. The van der Waals surface area contributed by atoms with Crippen LogP contribution >= 0.6 is 11.6 Å². The van der Waals surface area contributed by atoms with Gasteiger partial charge in [0.15, 0.2) is 11.5 Å². The molecule has 0 fully saturated rings. The normalized spacial score (nSPS) is 10.0. The number of rotatable bonds is 2. The van der Waals surface area contributed by atoms with E-state index >= 15 is 0 Å². The van der Waals surface area contributed by atoms with E-state index in [9.17, 15) is 4.79 Å². The standard InChI is InChI=1S/C11H8ClN3O2/c1-17-11(16)8-6-9(12)15-10(14-8)7-4-2-3-5-13-7/h2-6H,1H3. The summed E-state index contributed by atoms with van der Waals surface area (Å²) in [6, 6.07) is 6.65. The van der Waals surface area contributed by atoms with Crippen molar-refractivity contribution >= 4 is 17.6 Å². The largest absolute Gasteiger partial charge is 0.464 e. The quantitative estimate of drug-likeness (QED) is 0.601. The molecule has 0 saturated carbocycles. The second-order valence-corrected chi connectivity index (χ2v) is 3.49. The Morgan fingerprint density at radius 1 is 1.35 bits per heavy atom. The maximum atomic E-state index is 11.4. The van der Waals surface area contributed by atoms with Gasteiger partial charge in [0, 0.05) is 12.3 Å². The molecule has 0 N–H and O–H groups in total. The maximum Gasteiger partial charge on any atom is 0.356 e. The summed E-state index contributed by atoms with van der Waals surface area (Å²) in [6.07, 6.45) is 1.61. The number of aromatic nitrogens is 3. The van der Waals surface area contributed by atoms with E-state index in [0.717, 1.165) is 0 Å². The van der Waals surface area contributed by atoms with E-state index in [1.807, 2.05) is 0 Å². The highest BCUT2D eigenvalue weighted by molar-refractivity contribution is 6.29. The second-order valence-electron chi connectivity index (χ2n) is 3.11. The Kier molecular flexibility index (Phi) is 3.30. The number of ether oxygens (including phenoxy) is 1. The van der Waals surface area contributed by atoms with Gasteiger partial charge in [-0.25, -0.2) is 14.8 Å². The van der Waals surface area contributed by atoms with Crippen molar-refractivity contribution in [3.8, 4) is 11.5 Å². The summed E-state index contributed by atoms with van der Waals surface area (Å²) in [6.45, 7) is 0. The minimum atomic E-state index is -0.563. The van der Waals surface area contributed by atoms with Crippen LogP contribution in [0, 0.1) is 0 Å². The van der Waals surface area contributed by atoms with Crippen molar-refractivity contribution in [2.75, 3.05) is 7.11 Å². The van der Waals surface area contributed by atoms with Gasteiger partial charge in [-0.1, -0.05) is 17.7 Å². The highest BCUT2D eigenvalue weighted by Gasteiger charge is 2.12. The van der Waals surface area contributed by atoms with Gasteiger partial charge in [0.2, 0.25) is 0 Å². The summed E-state index contributed by atoms with van der Waals surface area (Å²) in [5.41, 5.74) is 0.647. The summed E-state index contributed by atoms with van der Waals surface area (Å²) in [7, 11) is 1.28. The van der Waals surface area contributed by atoms with E-state index in [-0.39, 0.29) is 10.8 Å². The Balaban J connectivity index is 2.49. The Labute approximate surface area is 102 Å². The molecule has 6 heteroatoms. The summed E-state index contributed by atoms with van der Waals surface area (Å²) < 4.78 is 4.57. The minimum absolute atomic E-state index is 0.105. The summed E-state index contributed by atoms with van der Waals surface area (Å²) >= 11 is 5.81. The first-order valence-electron chi connectivity index (χ1n) is 4.75. The zero-order valence-corrected chi connectivity index (χ0v) is 9.68. The molecule has 2 rings (SSSR count). The number of nitrogens with zero attached hydrogens (tertiary/aromatic N) is 3. The minimum Gasteiger partial charge on any atom is -0.464 e. The van der Waals surface area contributed by atoms with Gasteiger partial charge in [-0.15, -0.1) is 0 Å². The third-order valence-electron chi connectivity index (χ3n) is 1.98. The fourth-order valence-corrected chi connectivity index (χ4v) is 1.42. The lowest BCUT2D eigenvalue weighted by molar-refractivity contribution is 0.0594. The van der Waals surface area contributed by atoms with Crippen molar-refractivity contribution < 1.29 is 9.53 Å². The molecular formula is C11H8ClN3O2. The zero-order chi connectivity index (χ0) is 12.3. The van der Waals surface area contributed by atoms with Gasteiger partial charge in [0.1, 0.15) is 10.8 Å². The fraction of sp³-hybridized carbons (Fsp3) is 0.0909. The predicted octanol–water partition coefficient (Wildman–Crippen LogP) is 1.98. The molecule has 86 valence electrons. The van der Waals surface area contributed by atoms with Crippen LogP contribution in [-0.2, 0) is 4.74 Å². The summed E-state index contributed by atoms with van der Waals surface area (Å²) in [5.74, 6) is -0.273. The second kappa shape index (κ2) is 4.88. The molecule has 0 aliphatic carbocycles. The number of carbonyl (C=O) groups is 1. The van der Waals surface area contributed by atoms with Crippen LogP contribution in [0.5, 0.6) is 0 Å². The third-order valence-corrected chi connectivity index (χ3v) is 2.18. The van der Waals surface area contributed by atoms with Crippen molar-refractivity contribution in [2.24, 2.45) is 0 Å². The van der Waals surface area contributed by atoms with Crippen molar-refractivity contribution in [3.63, 3.8) is 0 Å². The molecule has 0 amide bonds. The van der Waals surface area contributed by atoms with Crippen LogP contribution < -0.4 is 0 Å². The van der Waals surface area contributed by atoms with Crippen molar-refractivity contribution in [1.82, 2.24) is 15.0 Å². The Bertz CT molecular complexity index is 546. The SMILES string of the molecule is COC(=O)c1cc(Cl)nc(-c2ccccn2)n1. The highest BCUT2D eigenvalue weighted by Crippen LogP contribution is 2.16. The number of halogens is 1. The molecule has 0 aromatic carbocycles. The molecule has 0 aliphatic heterocycles. The molecule has 17 heavy (non-hydrogen) atoms. The molecule has 0 radical (unpaired) electrons. The molecule has 0 saturated heterocycles. The molecule has 0 bridgehead atoms. The monoisotopic (exact) mass is 249 g/mol. The lowest BCUT2D eigenvalue weighted by atomic mass is 10.3. The molecule has 2 heterocycles. The lowest BCUT2D eigenvalue weighted by Gasteiger charge is -2.02. The van der Waals surface area contributed by atoms with E-state index in [0.29, 0.717) is 11.5 Å². The lowest BCUT2D eigenvalue weighted by Crippen LogP contribution is -2.06. The van der Waals surface area contributed by atoms with Gasteiger partial charge in [0.05, 0.1) is 7.11 Å². The van der Waals surface area contributed by atoms with Crippen LogP contribution in [0.3, 0.4) is 0 Å². The van der Waals surface area contributed by atoms with Gasteiger partial charge >= 0.3 is 5.97 Å². The summed E-state index contributed by atoms with van der Waals surface area (Å²) in [5, 5.41) is 0.168. The topological polar surface area (TPSA) is 65.0 Å². The zero-order valence-electron chi connectivity index (χ0n) is 8.92. The number of carbonyl (C=O) groups excluding carboxylic acids is 1. The average Bonchev–Trinajstić information content (AvgIpc) is 2.38. The Morgan fingerprint density at radius 2 is 2.18 bits per heavy atom. The number of methoxy groups -OCH3 is 1. The molecule has 0 atom stereocenters. The van der Waals surface area contributed by atoms with E-state index in [2.05, 4.69) is 19.7 Å². The van der Waals surface area contributed by atoms with Crippen LogP contribution in [0.15, 0.2) is 30.5 Å². The van der Waals surface area contributed by atoms with E-state index in [1.165, 1.54) is 13.2 Å². The average molecular weight is 250 g/mol. The number of esters is 1. The van der Waals surface area contributed by atoms with Gasteiger partial charge in [-0.2, -0.15) is 0 Å². The first kappa shape index (κ1) is 11.5. The van der Waals surface area contributed by atoms with E-state index in [1.54, 1.807) is 24.4 Å². The number of hydrogen-bond donors (Lipinski definition) is 0. The van der Waals surface area contributed by atoms with Crippen LogP contribution in [-0.4, -0.2) is 28.0 Å². The highest BCUT2D eigenvalue weighted by atomic mass is 35.5. The van der Waals surface area contributed by atoms with Gasteiger partial charge in [-0.3, -0.25) is 4.98 Å². The fourth-order valence-electron chi connectivity index (χ4n) is 1.24. The molecule has 2 aromatic heterocycles. The van der Waals surface area contributed by atoms with Crippen molar-refractivity contribution in [2.45, 2.75) is 0 Å². The van der Waals surface area contributed by atoms with Gasteiger partial charge < -0.3 is 4.74 Å². The van der Waals surface area contributed by atoms with Crippen LogP contribution in [0.4, 0.5) is 0 Å². The number of hydrogen-bond acceptors (Lipinski definition) is 5. The third kappa shape index (κ3) is 2.57. The Hall–Kier alpha value is -2.01. The molecule has 0 aliphatic rings. The Morgan fingerprint density at radius 3 is 2.82 bits per heavy atom. The molecule has 0 unspecified atom stereocenters. The molecule has 0 spiro atoms. The van der Waals surface area contributed by atoms with Crippen molar-refractivity contribution in [3.05, 3.63) is 41.3 Å². The predicted molar refractivity (Wildman–Crippen MR) is 61.6 cm³/mol. The number of pyridine rings is 1.